The van der Waals surface area contributed by atoms with E-state index in [1.807, 2.05) is 12.1 Å². The van der Waals surface area contributed by atoms with E-state index in [0.29, 0.717) is 12.3 Å². The van der Waals surface area contributed by atoms with Crippen LogP contribution in [0.5, 0.6) is 5.75 Å². The summed E-state index contributed by atoms with van der Waals surface area (Å²) in [5.74, 6) is 0.990. The molecule has 8 heteroatoms. The van der Waals surface area contributed by atoms with E-state index in [9.17, 15) is 18.0 Å². The molecule has 1 aliphatic heterocycles. The Kier molecular flexibility index (Phi) is 5.53. The normalized spacial score (nSPS) is 17.4. The fourth-order valence-electron chi connectivity index (χ4n) is 2.78. The van der Waals surface area contributed by atoms with E-state index in [1.54, 1.807) is 29.8 Å². The van der Waals surface area contributed by atoms with Crippen LogP contribution in [-0.2, 0) is 6.18 Å². The minimum absolute atomic E-state index is 0.0416. The highest BCUT2D eigenvalue weighted by atomic mass is 79.9. The Hall–Kier alpha value is -1.67. The lowest BCUT2D eigenvalue weighted by Crippen LogP contribution is -2.30. The number of alkyl halides is 3. The topological polar surface area (TPSA) is 29.5 Å². The predicted octanol–water partition coefficient (Wildman–Crippen LogP) is 5.36. The summed E-state index contributed by atoms with van der Waals surface area (Å²) in [5, 5.41) is -0.251. The molecule has 138 valence electrons. The Labute approximate surface area is 161 Å². The number of carbonyl (C=O) groups is 1. The van der Waals surface area contributed by atoms with E-state index < -0.39 is 17.6 Å². The average molecular weight is 446 g/mol. The maximum absolute atomic E-state index is 12.9. The van der Waals surface area contributed by atoms with Crippen LogP contribution in [0.4, 0.5) is 13.2 Å². The second-order valence-corrected chi connectivity index (χ2v) is 7.74. The third-order valence-electron chi connectivity index (χ3n) is 4.05. The minimum Gasteiger partial charge on any atom is -0.496 e. The molecule has 0 radical (unpaired) electrons. The second-order valence-electron chi connectivity index (χ2n) is 5.69. The molecule has 0 aromatic heterocycles. The molecule has 2 aromatic rings. The van der Waals surface area contributed by atoms with Gasteiger partial charge in [0.05, 0.1) is 17.1 Å². The fraction of sp³-hybridized carbons (Fsp3) is 0.278. The maximum Gasteiger partial charge on any atom is 0.416 e. The van der Waals surface area contributed by atoms with Crippen LogP contribution in [0.3, 0.4) is 0 Å². The summed E-state index contributed by atoms with van der Waals surface area (Å²) >= 11 is 5.00. The summed E-state index contributed by atoms with van der Waals surface area (Å²) in [7, 11) is 1.56. The smallest absolute Gasteiger partial charge is 0.416 e. The molecule has 1 atom stereocenters. The van der Waals surface area contributed by atoms with Crippen molar-refractivity contribution in [2.24, 2.45) is 0 Å². The quantitative estimate of drug-likeness (QED) is 0.636. The molecule has 1 aliphatic rings. The molecule has 1 amide bonds. The molecule has 1 unspecified atom stereocenters. The first kappa shape index (κ1) is 19.1. The summed E-state index contributed by atoms with van der Waals surface area (Å²) in [6, 6.07) is 10.1. The van der Waals surface area contributed by atoms with Crippen LogP contribution in [0, 0.1) is 0 Å². The molecular formula is C18H15BrF3NO2S. The van der Waals surface area contributed by atoms with E-state index in [4.69, 9.17) is 4.74 Å². The Bertz CT molecular complexity index is 828. The lowest BCUT2D eigenvalue weighted by molar-refractivity contribution is -0.137. The van der Waals surface area contributed by atoms with Crippen molar-refractivity contribution in [3.63, 3.8) is 0 Å². The Morgan fingerprint density at radius 3 is 2.69 bits per heavy atom. The Morgan fingerprint density at radius 1 is 1.27 bits per heavy atom. The lowest BCUT2D eigenvalue weighted by Gasteiger charge is -2.25. The van der Waals surface area contributed by atoms with Crippen molar-refractivity contribution in [1.29, 1.82) is 0 Å². The van der Waals surface area contributed by atoms with Gasteiger partial charge < -0.3 is 9.64 Å². The second kappa shape index (κ2) is 7.52. The molecule has 0 N–H and O–H groups in total. The van der Waals surface area contributed by atoms with Crippen molar-refractivity contribution in [3.05, 3.63) is 63.6 Å². The van der Waals surface area contributed by atoms with Crippen LogP contribution in [0.1, 0.15) is 26.9 Å². The molecule has 1 saturated heterocycles. The van der Waals surface area contributed by atoms with Crippen LogP contribution in [0.15, 0.2) is 46.9 Å². The number of methoxy groups -OCH3 is 1. The zero-order chi connectivity index (χ0) is 18.9. The summed E-state index contributed by atoms with van der Waals surface area (Å²) in [6.07, 6.45) is -4.48. The van der Waals surface area contributed by atoms with Gasteiger partial charge in [-0.2, -0.15) is 13.2 Å². The van der Waals surface area contributed by atoms with Gasteiger partial charge in [0.25, 0.3) is 5.91 Å². The third kappa shape index (κ3) is 3.86. The molecule has 2 aromatic carbocycles. The van der Waals surface area contributed by atoms with Crippen molar-refractivity contribution >= 4 is 33.6 Å². The average Bonchev–Trinajstić information content (AvgIpc) is 3.10. The zero-order valence-electron chi connectivity index (χ0n) is 13.7. The number of hydrogen-bond acceptors (Lipinski definition) is 3. The third-order valence-corrected chi connectivity index (χ3v) is 5.93. The van der Waals surface area contributed by atoms with Gasteiger partial charge in [-0.3, -0.25) is 4.79 Å². The highest BCUT2D eigenvalue weighted by Crippen LogP contribution is 2.41. The van der Waals surface area contributed by atoms with Crippen molar-refractivity contribution in [1.82, 2.24) is 4.90 Å². The first-order valence-corrected chi connectivity index (χ1v) is 9.58. The summed E-state index contributed by atoms with van der Waals surface area (Å²) in [5.41, 5.74) is 0.111. The van der Waals surface area contributed by atoms with E-state index in [1.165, 1.54) is 12.1 Å². The molecule has 3 rings (SSSR count). The zero-order valence-corrected chi connectivity index (χ0v) is 16.1. The maximum atomic E-state index is 12.9. The van der Waals surface area contributed by atoms with Crippen molar-refractivity contribution in [3.8, 4) is 5.75 Å². The van der Waals surface area contributed by atoms with Crippen LogP contribution in [-0.4, -0.2) is 30.2 Å². The predicted molar refractivity (Wildman–Crippen MR) is 98.4 cm³/mol. The minimum atomic E-state index is -4.48. The molecule has 3 nitrogen and oxygen atoms in total. The number of halogens is 4. The Balaban J connectivity index is 1.88. The van der Waals surface area contributed by atoms with Crippen LogP contribution >= 0.6 is 27.7 Å². The summed E-state index contributed by atoms with van der Waals surface area (Å²) in [4.78, 5) is 14.4. The van der Waals surface area contributed by atoms with Gasteiger partial charge in [-0.15, -0.1) is 11.8 Å². The van der Waals surface area contributed by atoms with Crippen molar-refractivity contribution in [2.75, 3.05) is 19.4 Å². The van der Waals surface area contributed by atoms with Gasteiger partial charge in [0.1, 0.15) is 11.1 Å². The van der Waals surface area contributed by atoms with Gasteiger partial charge in [-0.25, -0.2) is 0 Å². The van der Waals surface area contributed by atoms with Crippen LogP contribution in [0.2, 0.25) is 0 Å². The first-order chi connectivity index (χ1) is 12.3. The summed E-state index contributed by atoms with van der Waals surface area (Å²) < 4.78 is 44.7. The number of hydrogen-bond donors (Lipinski definition) is 0. The van der Waals surface area contributed by atoms with E-state index in [0.717, 1.165) is 27.9 Å². The van der Waals surface area contributed by atoms with Crippen LogP contribution in [0.25, 0.3) is 0 Å². The largest absolute Gasteiger partial charge is 0.496 e. The highest BCUT2D eigenvalue weighted by Gasteiger charge is 2.34. The molecule has 1 heterocycles. The summed E-state index contributed by atoms with van der Waals surface area (Å²) in [6.45, 7) is 0.480. The number of carbonyl (C=O) groups excluding carboxylic acids is 1. The molecule has 0 aliphatic carbocycles. The number of amides is 1. The molecule has 1 fully saturated rings. The number of ether oxygens (including phenoxy) is 1. The van der Waals surface area contributed by atoms with Gasteiger partial charge in [0, 0.05) is 17.9 Å². The van der Waals surface area contributed by atoms with Gasteiger partial charge >= 0.3 is 6.18 Å². The molecular weight excluding hydrogens is 431 g/mol. The number of benzene rings is 2. The first-order valence-electron chi connectivity index (χ1n) is 7.74. The number of nitrogens with zero attached hydrogens (tertiary/aromatic N) is 1. The number of rotatable bonds is 3. The van der Waals surface area contributed by atoms with Gasteiger partial charge in [-0.05, 0) is 51.8 Å². The highest BCUT2D eigenvalue weighted by molar-refractivity contribution is 9.10. The van der Waals surface area contributed by atoms with E-state index in [2.05, 4.69) is 15.9 Å². The van der Waals surface area contributed by atoms with Crippen molar-refractivity contribution < 1.29 is 22.7 Å². The molecule has 0 bridgehead atoms. The van der Waals surface area contributed by atoms with Crippen molar-refractivity contribution in [2.45, 2.75) is 11.6 Å². The monoisotopic (exact) mass is 445 g/mol. The van der Waals surface area contributed by atoms with Gasteiger partial charge in [0.15, 0.2) is 0 Å². The molecule has 0 spiro atoms. The molecule has 26 heavy (non-hydrogen) atoms. The fourth-order valence-corrected chi connectivity index (χ4v) is 4.59. The standard InChI is InChI=1S/C18H15BrF3NO2S/c1-25-15-6-5-12(10-14(15)19)17-23(7-8-26-17)16(24)11-3-2-4-13(9-11)18(20,21)22/h2-6,9-10,17H,7-8H2,1H3. The van der Waals surface area contributed by atoms with Crippen LogP contribution < -0.4 is 4.74 Å². The van der Waals surface area contributed by atoms with E-state index >= 15 is 0 Å². The Morgan fingerprint density at radius 2 is 2.04 bits per heavy atom. The SMILES string of the molecule is COc1ccc(C2SCCN2C(=O)c2cccc(C(F)(F)F)c2)cc1Br. The number of thioether (sulfide) groups is 1. The molecule has 0 saturated carbocycles. The van der Waals surface area contributed by atoms with Gasteiger partial charge in [0.2, 0.25) is 0 Å². The lowest BCUT2D eigenvalue weighted by atomic mass is 10.1. The van der Waals surface area contributed by atoms with Gasteiger partial charge in [-0.1, -0.05) is 12.1 Å². The van der Waals surface area contributed by atoms with E-state index in [-0.39, 0.29) is 10.9 Å².